The van der Waals surface area contributed by atoms with Crippen LogP contribution in [0.25, 0.3) is 0 Å². The highest BCUT2D eigenvalue weighted by molar-refractivity contribution is 7.91. The second kappa shape index (κ2) is 9.09. The highest BCUT2D eigenvalue weighted by Crippen LogP contribution is 2.26. The molecule has 1 aliphatic rings. The number of aryl methyl sites for hydroxylation is 1. The fourth-order valence-electron chi connectivity index (χ4n) is 3.40. The molecule has 0 aromatic heterocycles. The van der Waals surface area contributed by atoms with Crippen molar-refractivity contribution in [3.05, 3.63) is 29.3 Å². The van der Waals surface area contributed by atoms with Gasteiger partial charge in [-0.25, -0.2) is 8.42 Å². The fourth-order valence-corrected chi connectivity index (χ4v) is 5.13. The lowest BCUT2D eigenvalue weighted by atomic mass is 10.0. The Balaban J connectivity index is 2.16. The molecule has 0 saturated carbocycles. The van der Waals surface area contributed by atoms with E-state index in [0.29, 0.717) is 18.9 Å². The van der Waals surface area contributed by atoms with Gasteiger partial charge in [0.1, 0.15) is 5.75 Å². The molecule has 0 spiro atoms. The number of unbranched alkanes of at least 4 members (excludes halogenated alkanes) is 1. The summed E-state index contributed by atoms with van der Waals surface area (Å²) >= 11 is 0. The normalized spacial score (nSPS) is 19.9. The summed E-state index contributed by atoms with van der Waals surface area (Å²) in [6.07, 6.45) is 1.68. The molecule has 1 heterocycles. The molecule has 6 heteroatoms. The SMILES string of the molecule is CCCCN(C(=O)C(C)Oc1cc(C(C)C)ccc1C)C1CCS(=O)(=O)C1. The van der Waals surface area contributed by atoms with E-state index in [1.54, 1.807) is 11.8 Å². The molecular formula is C21H33NO4S. The van der Waals surface area contributed by atoms with Crippen LogP contribution in [0.5, 0.6) is 5.75 Å². The van der Waals surface area contributed by atoms with Gasteiger partial charge in [0.2, 0.25) is 0 Å². The van der Waals surface area contributed by atoms with Gasteiger partial charge in [-0.3, -0.25) is 4.79 Å². The summed E-state index contributed by atoms with van der Waals surface area (Å²) in [7, 11) is -3.04. The summed E-state index contributed by atoms with van der Waals surface area (Å²) in [5.74, 6) is 1.20. The van der Waals surface area contributed by atoms with Crippen molar-refractivity contribution in [2.24, 2.45) is 0 Å². The molecule has 1 aromatic rings. The van der Waals surface area contributed by atoms with Gasteiger partial charge in [-0.05, 0) is 49.8 Å². The Morgan fingerprint density at radius 1 is 1.30 bits per heavy atom. The van der Waals surface area contributed by atoms with E-state index in [0.717, 1.165) is 24.2 Å². The van der Waals surface area contributed by atoms with E-state index >= 15 is 0 Å². The van der Waals surface area contributed by atoms with Gasteiger partial charge < -0.3 is 9.64 Å². The minimum absolute atomic E-state index is 0.0665. The molecule has 2 unspecified atom stereocenters. The summed E-state index contributed by atoms with van der Waals surface area (Å²) in [5.41, 5.74) is 2.16. The minimum atomic E-state index is -3.04. The lowest BCUT2D eigenvalue weighted by Gasteiger charge is -2.31. The smallest absolute Gasteiger partial charge is 0.263 e. The maximum atomic E-state index is 13.1. The lowest BCUT2D eigenvalue weighted by Crippen LogP contribution is -2.47. The molecule has 1 fully saturated rings. The highest BCUT2D eigenvalue weighted by Gasteiger charge is 2.36. The Labute approximate surface area is 164 Å². The Hall–Kier alpha value is -1.56. The third kappa shape index (κ3) is 5.71. The summed E-state index contributed by atoms with van der Waals surface area (Å²) in [6.45, 7) is 10.6. The van der Waals surface area contributed by atoms with Gasteiger partial charge in [0.05, 0.1) is 11.5 Å². The van der Waals surface area contributed by atoms with Crippen LogP contribution < -0.4 is 4.74 Å². The zero-order chi connectivity index (χ0) is 20.2. The van der Waals surface area contributed by atoms with Gasteiger partial charge in [-0.1, -0.05) is 39.3 Å². The quantitative estimate of drug-likeness (QED) is 0.673. The van der Waals surface area contributed by atoms with Crippen molar-refractivity contribution in [3.63, 3.8) is 0 Å². The van der Waals surface area contributed by atoms with Crippen molar-refractivity contribution in [3.8, 4) is 5.75 Å². The largest absolute Gasteiger partial charge is 0.481 e. The number of hydrogen-bond acceptors (Lipinski definition) is 4. The summed E-state index contributed by atoms with van der Waals surface area (Å²) in [5, 5.41) is 0. The van der Waals surface area contributed by atoms with E-state index < -0.39 is 15.9 Å². The van der Waals surface area contributed by atoms with Crippen molar-refractivity contribution in [1.29, 1.82) is 0 Å². The topological polar surface area (TPSA) is 63.7 Å². The zero-order valence-corrected chi connectivity index (χ0v) is 18.0. The van der Waals surface area contributed by atoms with Gasteiger partial charge >= 0.3 is 0 Å². The predicted molar refractivity (Wildman–Crippen MR) is 109 cm³/mol. The van der Waals surface area contributed by atoms with Crippen molar-refractivity contribution >= 4 is 15.7 Å². The van der Waals surface area contributed by atoms with Gasteiger partial charge in [0.15, 0.2) is 15.9 Å². The van der Waals surface area contributed by atoms with E-state index in [4.69, 9.17) is 4.74 Å². The van der Waals surface area contributed by atoms with Gasteiger partial charge in [-0.2, -0.15) is 0 Å². The number of rotatable bonds is 8. The summed E-state index contributed by atoms with van der Waals surface area (Å²) in [4.78, 5) is 14.8. The molecule has 2 rings (SSSR count). The van der Waals surface area contributed by atoms with Crippen molar-refractivity contribution < 1.29 is 17.9 Å². The third-order valence-corrected chi connectivity index (χ3v) is 6.97. The second-order valence-electron chi connectivity index (χ2n) is 7.88. The Bertz CT molecular complexity index is 757. The molecule has 1 aromatic carbocycles. The molecular weight excluding hydrogens is 362 g/mol. The first-order chi connectivity index (χ1) is 12.6. The van der Waals surface area contributed by atoms with Crippen LogP contribution in [0.1, 0.15) is 64.0 Å². The number of nitrogens with zero attached hydrogens (tertiary/aromatic N) is 1. The van der Waals surface area contributed by atoms with Gasteiger partial charge in [0.25, 0.3) is 5.91 Å². The molecule has 5 nitrogen and oxygen atoms in total. The maximum Gasteiger partial charge on any atom is 0.263 e. The van der Waals surface area contributed by atoms with Gasteiger partial charge in [-0.15, -0.1) is 0 Å². The summed E-state index contributed by atoms with van der Waals surface area (Å²) < 4.78 is 29.8. The maximum absolute atomic E-state index is 13.1. The first-order valence-electron chi connectivity index (χ1n) is 9.92. The number of amides is 1. The number of hydrogen-bond donors (Lipinski definition) is 0. The number of carbonyl (C=O) groups excluding carboxylic acids is 1. The highest BCUT2D eigenvalue weighted by atomic mass is 32.2. The number of sulfone groups is 1. The molecule has 1 amide bonds. The fraction of sp³-hybridized carbons (Fsp3) is 0.667. The molecule has 27 heavy (non-hydrogen) atoms. The van der Waals surface area contributed by atoms with Crippen LogP contribution in [0.4, 0.5) is 0 Å². The van der Waals surface area contributed by atoms with E-state index in [1.807, 2.05) is 19.1 Å². The Kier molecular flexibility index (Phi) is 7.32. The minimum Gasteiger partial charge on any atom is -0.481 e. The van der Waals surface area contributed by atoms with Crippen LogP contribution in [-0.4, -0.2) is 49.4 Å². The average molecular weight is 396 g/mol. The molecule has 0 N–H and O–H groups in total. The van der Waals surface area contributed by atoms with Crippen LogP contribution in [0.3, 0.4) is 0 Å². The number of benzene rings is 1. The van der Waals surface area contributed by atoms with Gasteiger partial charge in [0, 0.05) is 12.6 Å². The van der Waals surface area contributed by atoms with Crippen LogP contribution in [0, 0.1) is 6.92 Å². The van der Waals surface area contributed by atoms with E-state index in [9.17, 15) is 13.2 Å². The Morgan fingerprint density at radius 2 is 2.00 bits per heavy atom. The molecule has 1 aliphatic heterocycles. The zero-order valence-electron chi connectivity index (χ0n) is 17.2. The van der Waals surface area contributed by atoms with Crippen molar-refractivity contribution in [2.45, 2.75) is 71.9 Å². The predicted octanol–water partition coefficient (Wildman–Crippen LogP) is 3.70. The van der Waals surface area contributed by atoms with E-state index in [-0.39, 0.29) is 23.5 Å². The molecule has 0 bridgehead atoms. The lowest BCUT2D eigenvalue weighted by molar-refractivity contribution is -0.140. The van der Waals surface area contributed by atoms with Crippen LogP contribution in [0.15, 0.2) is 18.2 Å². The molecule has 0 radical (unpaired) electrons. The van der Waals surface area contributed by atoms with Crippen molar-refractivity contribution in [1.82, 2.24) is 4.90 Å². The van der Waals surface area contributed by atoms with Crippen LogP contribution in [-0.2, 0) is 14.6 Å². The van der Waals surface area contributed by atoms with Crippen LogP contribution in [0.2, 0.25) is 0 Å². The first-order valence-corrected chi connectivity index (χ1v) is 11.7. The standard InChI is InChI=1S/C21H33NO4S/c1-6-7-11-22(19-10-12-27(24,25)14-19)21(23)17(5)26-20-13-18(15(2)3)9-8-16(20)4/h8-9,13,15,17,19H,6-7,10-12,14H2,1-5H3. The first kappa shape index (κ1) is 21.7. The second-order valence-corrected chi connectivity index (χ2v) is 10.1. The third-order valence-electron chi connectivity index (χ3n) is 5.22. The summed E-state index contributed by atoms with van der Waals surface area (Å²) in [6, 6.07) is 5.86. The molecule has 0 aliphatic carbocycles. The monoisotopic (exact) mass is 395 g/mol. The van der Waals surface area contributed by atoms with Crippen LogP contribution >= 0.6 is 0 Å². The average Bonchev–Trinajstić information content (AvgIpc) is 2.96. The molecule has 2 atom stereocenters. The van der Waals surface area contributed by atoms with Crippen molar-refractivity contribution in [2.75, 3.05) is 18.1 Å². The number of ether oxygens (including phenoxy) is 1. The molecule has 152 valence electrons. The molecule has 1 saturated heterocycles. The van der Waals surface area contributed by atoms with E-state index in [2.05, 4.69) is 26.8 Å². The Morgan fingerprint density at radius 3 is 2.56 bits per heavy atom. The number of carbonyl (C=O) groups is 1. The van der Waals surface area contributed by atoms with E-state index in [1.165, 1.54) is 5.56 Å².